The van der Waals surface area contributed by atoms with Crippen molar-refractivity contribution in [2.45, 2.75) is 23.6 Å². The summed E-state index contributed by atoms with van der Waals surface area (Å²) < 4.78 is 67.2. The lowest BCUT2D eigenvalue weighted by Gasteiger charge is -2.33. The van der Waals surface area contributed by atoms with Gasteiger partial charge in [0.05, 0.1) is 23.0 Å². The number of hydrogen-bond acceptors (Lipinski definition) is 8. The van der Waals surface area contributed by atoms with E-state index in [1.165, 1.54) is 22.5 Å². The monoisotopic (exact) mass is 513 g/mol. The molecule has 0 unspecified atom stereocenters. The number of sulfonamides is 2. The summed E-state index contributed by atoms with van der Waals surface area (Å²) in [6, 6.07) is 10.6. The van der Waals surface area contributed by atoms with Crippen molar-refractivity contribution in [3.63, 3.8) is 0 Å². The quantitative estimate of drug-likeness (QED) is 0.479. The SMILES string of the molecule is CCOc1ccc(S(=O)(=O)N2CCN(CCOc3ccc(S(N)(=O)=O)cc3)CC2)cc1OCC. The van der Waals surface area contributed by atoms with Gasteiger partial charge in [-0.1, -0.05) is 0 Å². The summed E-state index contributed by atoms with van der Waals surface area (Å²) in [5.41, 5.74) is 0. The summed E-state index contributed by atoms with van der Waals surface area (Å²) in [6.07, 6.45) is 0. The van der Waals surface area contributed by atoms with Crippen molar-refractivity contribution >= 4 is 20.0 Å². The molecular formula is C22H31N3O7S2. The minimum absolute atomic E-state index is 0.0260. The highest BCUT2D eigenvalue weighted by Crippen LogP contribution is 2.31. The Balaban J connectivity index is 1.53. The van der Waals surface area contributed by atoms with Crippen LogP contribution in [-0.2, 0) is 20.0 Å². The number of piperazine rings is 1. The summed E-state index contributed by atoms with van der Waals surface area (Å²) in [7, 11) is -7.39. The van der Waals surface area contributed by atoms with Crippen molar-refractivity contribution in [1.29, 1.82) is 0 Å². The van der Waals surface area contributed by atoms with E-state index in [1.54, 1.807) is 24.3 Å². The molecule has 0 aromatic heterocycles. The zero-order chi connectivity index (χ0) is 24.8. The van der Waals surface area contributed by atoms with Crippen molar-refractivity contribution in [2.24, 2.45) is 5.14 Å². The Morgan fingerprint density at radius 3 is 1.97 bits per heavy atom. The van der Waals surface area contributed by atoms with Crippen LogP contribution in [0.3, 0.4) is 0 Å². The van der Waals surface area contributed by atoms with Crippen LogP contribution in [0.5, 0.6) is 17.2 Å². The van der Waals surface area contributed by atoms with Crippen molar-refractivity contribution in [2.75, 3.05) is 52.5 Å². The number of primary sulfonamides is 1. The van der Waals surface area contributed by atoms with Crippen LogP contribution < -0.4 is 19.3 Å². The smallest absolute Gasteiger partial charge is 0.243 e. The molecule has 2 aromatic rings. The van der Waals surface area contributed by atoms with E-state index >= 15 is 0 Å². The Kier molecular flexibility index (Phi) is 8.77. The van der Waals surface area contributed by atoms with Gasteiger partial charge in [0.2, 0.25) is 20.0 Å². The van der Waals surface area contributed by atoms with Gasteiger partial charge >= 0.3 is 0 Å². The van der Waals surface area contributed by atoms with Crippen molar-refractivity contribution < 1.29 is 31.0 Å². The van der Waals surface area contributed by atoms with Gasteiger partial charge in [-0.3, -0.25) is 4.90 Å². The average molecular weight is 514 g/mol. The first-order chi connectivity index (χ1) is 16.1. The first kappa shape index (κ1) is 26.2. The minimum Gasteiger partial charge on any atom is -0.492 e. The van der Waals surface area contributed by atoms with Crippen molar-refractivity contribution in [3.05, 3.63) is 42.5 Å². The summed E-state index contributed by atoms with van der Waals surface area (Å²) in [4.78, 5) is 2.33. The standard InChI is InChI=1S/C22H31N3O7S2/c1-3-30-21-10-9-20(17-22(21)31-4-2)34(28,29)25-13-11-24(12-14-25)15-16-32-18-5-7-19(8-6-18)33(23,26)27/h5-10,17H,3-4,11-16H2,1-2H3,(H2,23,26,27). The van der Waals surface area contributed by atoms with Crippen LogP contribution in [0, 0.1) is 0 Å². The highest BCUT2D eigenvalue weighted by atomic mass is 32.2. The fraction of sp³-hybridized carbons (Fsp3) is 0.455. The molecule has 0 spiro atoms. The second-order valence-electron chi connectivity index (χ2n) is 7.59. The molecule has 0 bridgehead atoms. The Morgan fingerprint density at radius 2 is 1.38 bits per heavy atom. The second-order valence-corrected chi connectivity index (χ2v) is 11.1. The number of benzene rings is 2. The highest BCUT2D eigenvalue weighted by Gasteiger charge is 2.29. The lowest BCUT2D eigenvalue weighted by molar-refractivity contribution is 0.159. The van der Waals surface area contributed by atoms with Crippen LogP contribution in [0.2, 0.25) is 0 Å². The molecule has 0 amide bonds. The van der Waals surface area contributed by atoms with Crippen molar-refractivity contribution in [3.8, 4) is 17.2 Å². The van der Waals surface area contributed by atoms with Crippen LogP contribution in [0.25, 0.3) is 0 Å². The number of nitrogens with two attached hydrogens (primary N) is 1. The number of hydrogen-bond donors (Lipinski definition) is 1. The summed E-state index contributed by atoms with van der Waals surface area (Å²) in [5, 5.41) is 5.09. The molecule has 188 valence electrons. The fourth-order valence-corrected chi connectivity index (χ4v) is 5.51. The van der Waals surface area contributed by atoms with Gasteiger partial charge < -0.3 is 14.2 Å². The molecule has 0 saturated carbocycles. The maximum absolute atomic E-state index is 13.2. The largest absolute Gasteiger partial charge is 0.492 e. The third-order valence-corrected chi connectivity index (χ3v) is 8.14. The molecule has 0 radical (unpaired) electrons. The molecule has 1 aliphatic rings. The first-order valence-electron chi connectivity index (χ1n) is 11.0. The van der Waals surface area contributed by atoms with Gasteiger partial charge in [0.15, 0.2) is 11.5 Å². The third-order valence-electron chi connectivity index (χ3n) is 5.31. The van der Waals surface area contributed by atoms with Crippen LogP contribution in [0.15, 0.2) is 52.3 Å². The van der Waals surface area contributed by atoms with Crippen LogP contribution in [0.4, 0.5) is 0 Å². The summed E-state index contributed by atoms with van der Waals surface area (Å²) in [5.74, 6) is 1.47. The molecule has 12 heteroatoms. The molecule has 1 fully saturated rings. The molecule has 10 nitrogen and oxygen atoms in total. The molecule has 3 rings (SSSR count). The summed E-state index contributed by atoms with van der Waals surface area (Å²) in [6.45, 7) is 7.42. The van der Waals surface area contributed by atoms with Gasteiger partial charge in [-0.2, -0.15) is 4.31 Å². The molecule has 34 heavy (non-hydrogen) atoms. The maximum atomic E-state index is 13.2. The van der Waals surface area contributed by atoms with Gasteiger partial charge in [0.1, 0.15) is 12.4 Å². The number of nitrogens with zero attached hydrogens (tertiary/aromatic N) is 2. The zero-order valence-electron chi connectivity index (χ0n) is 19.3. The van der Waals surface area contributed by atoms with Crippen LogP contribution in [-0.4, -0.2) is 78.6 Å². The zero-order valence-corrected chi connectivity index (χ0v) is 21.0. The Bertz CT molecular complexity index is 1160. The maximum Gasteiger partial charge on any atom is 0.243 e. The van der Waals surface area contributed by atoms with Gasteiger partial charge in [0.25, 0.3) is 0 Å². The minimum atomic E-state index is -3.74. The van der Waals surface area contributed by atoms with Crippen LogP contribution >= 0.6 is 0 Å². The number of ether oxygens (including phenoxy) is 3. The molecular weight excluding hydrogens is 482 g/mol. The topological polar surface area (TPSA) is 128 Å². The Labute approximate surface area is 201 Å². The molecule has 0 atom stereocenters. The van der Waals surface area contributed by atoms with Gasteiger partial charge in [-0.15, -0.1) is 0 Å². The van der Waals surface area contributed by atoms with Gasteiger partial charge in [-0.25, -0.2) is 22.0 Å². The third kappa shape index (κ3) is 6.60. The van der Waals surface area contributed by atoms with E-state index < -0.39 is 20.0 Å². The predicted molar refractivity (Wildman–Crippen MR) is 127 cm³/mol. The van der Waals surface area contributed by atoms with E-state index in [0.717, 1.165) is 0 Å². The molecule has 1 heterocycles. The lowest BCUT2D eigenvalue weighted by Crippen LogP contribution is -2.49. The Hall–Kier alpha value is -2.38. The summed E-state index contributed by atoms with van der Waals surface area (Å²) >= 11 is 0. The van der Waals surface area contributed by atoms with E-state index in [0.29, 0.717) is 69.8 Å². The second kappa shape index (κ2) is 11.4. The normalized spacial score (nSPS) is 15.7. The molecule has 1 saturated heterocycles. The van der Waals surface area contributed by atoms with Crippen LogP contribution in [0.1, 0.15) is 13.8 Å². The van der Waals surface area contributed by atoms with E-state index in [-0.39, 0.29) is 9.79 Å². The first-order valence-corrected chi connectivity index (χ1v) is 14.0. The number of rotatable bonds is 11. The molecule has 2 aromatic carbocycles. The highest BCUT2D eigenvalue weighted by molar-refractivity contribution is 7.89. The average Bonchev–Trinajstić information content (AvgIpc) is 2.80. The predicted octanol–water partition coefficient (Wildman–Crippen LogP) is 1.52. The lowest BCUT2D eigenvalue weighted by atomic mass is 10.3. The van der Waals surface area contributed by atoms with E-state index in [1.807, 2.05) is 13.8 Å². The van der Waals surface area contributed by atoms with Gasteiger partial charge in [0, 0.05) is 38.8 Å². The molecule has 2 N–H and O–H groups in total. The van der Waals surface area contributed by atoms with E-state index in [2.05, 4.69) is 4.90 Å². The van der Waals surface area contributed by atoms with E-state index in [9.17, 15) is 16.8 Å². The van der Waals surface area contributed by atoms with E-state index in [4.69, 9.17) is 19.3 Å². The fourth-order valence-electron chi connectivity index (χ4n) is 3.55. The Morgan fingerprint density at radius 1 is 0.794 bits per heavy atom. The van der Waals surface area contributed by atoms with Gasteiger partial charge in [-0.05, 0) is 50.2 Å². The van der Waals surface area contributed by atoms with Crippen molar-refractivity contribution in [1.82, 2.24) is 9.21 Å². The molecule has 1 aliphatic heterocycles. The molecule has 0 aliphatic carbocycles.